The smallest absolute Gasteiger partial charge is 0.291 e. The molecule has 6 nitrogen and oxygen atoms in total. The van der Waals surface area contributed by atoms with Crippen LogP contribution in [0.25, 0.3) is 0 Å². The molecular weight excluding hydrogens is 400 g/mol. The van der Waals surface area contributed by atoms with Gasteiger partial charge in [-0.2, -0.15) is 0 Å². The molecule has 0 bridgehead atoms. The van der Waals surface area contributed by atoms with Crippen molar-refractivity contribution < 1.29 is 18.8 Å². The lowest BCUT2D eigenvalue weighted by molar-refractivity contribution is 0.0653. The fourth-order valence-corrected chi connectivity index (χ4v) is 4.70. The maximum atomic E-state index is 13.0. The Morgan fingerprint density at radius 3 is 2.47 bits per heavy atom. The summed E-state index contributed by atoms with van der Waals surface area (Å²) in [7, 11) is 0. The van der Waals surface area contributed by atoms with E-state index in [2.05, 4.69) is 5.32 Å². The first-order chi connectivity index (χ1) is 14.5. The first-order valence-electron chi connectivity index (χ1n) is 9.87. The van der Waals surface area contributed by atoms with Crippen molar-refractivity contribution in [3.05, 3.63) is 76.6 Å². The van der Waals surface area contributed by atoms with E-state index in [1.54, 1.807) is 23.1 Å². The average Bonchev–Trinajstić information content (AvgIpc) is 3.43. The summed E-state index contributed by atoms with van der Waals surface area (Å²) in [6.45, 7) is 2.96. The summed E-state index contributed by atoms with van der Waals surface area (Å²) in [5.74, 6) is -0.0804. The lowest BCUT2D eigenvalue weighted by Gasteiger charge is -2.31. The molecule has 0 radical (unpaired) electrons. The molecule has 2 aromatic heterocycles. The highest BCUT2D eigenvalue weighted by Crippen LogP contribution is 2.30. The second-order valence-corrected chi connectivity index (χ2v) is 8.40. The zero-order valence-corrected chi connectivity index (χ0v) is 17.4. The Labute approximate surface area is 178 Å². The minimum Gasteiger partial charge on any atom is -0.459 e. The number of piperidine rings is 1. The largest absolute Gasteiger partial charge is 0.459 e. The van der Waals surface area contributed by atoms with Crippen molar-refractivity contribution in [3.63, 3.8) is 0 Å². The number of hydrogen-bond donors (Lipinski definition) is 1. The molecule has 1 N–H and O–H groups in total. The molecule has 4 rings (SSSR count). The van der Waals surface area contributed by atoms with Crippen LogP contribution in [0.15, 0.2) is 59.2 Å². The number of Topliss-reactive ketones (excluding diaryl/α,β-unsaturated/α-hetero) is 1. The molecule has 2 amide bonds. The van der Waals surface area contributed by atoms with Crippen LogP contribution in [-0.2, 0) is 0 Å². The van der Waals surface area contributed by atoms with Gasteiger partial charge in [0.2, 0.25) is 0 Å². The normalized spacial score (nSPS) is 14.5. The Hall–Kier alpha value is -3.19. The number of aryl methyl sites for hydroxylation is 1. The fourth-order valence-electron chi connectivity index (χ4n) is 3.66. The molecule has 0 atom stereocenters. The monoisotopic (exact) mass is 422 g/mol. The van der Waals surface area contributed by atoms with Gasteiger partial charge in [-0.1, -0.05) is 30.3 Å². The number of amides is 2. The van der Waals surface area contributed by atoms with Crippen LogP contribution in [0.3, 0.4) is 0 Å². The fraction of sp³-hybridized carbons (Fsp3) is 0.261. The van der Waals surface area contributed by atoms with Crippen molar-refractivity contribution in [3.8, 4) is 0 Å². The highest BCUT2D eigenvalue weighted by Gasteiger charge is 2.29. The third-order valence-corrected chi connectivity index (χ3v) is 6.45. The summed E-state index contributed by atoms with van der Waals surface area (Å²) < 4.78 is 5.10. The Morgan fingerprint density at radius 2 is 1.80 bits per heavy atom. The first-order valence-corrected chi connectivity index (χ1v) is 10.7. The van der Waals surface area contributed by atoms with Gasteiger partial charge in [-0.05, 0) is 43.5 Å². The zero-order valence-electron chi connectivity index (χ0n) is 16.6. The van der Waals surface area contributed by atoms with Gasteiger partial charge in [0, 0.05) is 24.6 Å². The predicted octanol–water partition coefficient (Wildman–Crippen LogP) is 4.64. The molecule has 154 valence electrons. The lowest BCUT2D eigenvalue weighted by Crippen LogP contribution is -2.40. The summed E-state index contributed by atoms with van der Waals surface area (Å²) in [5.41, 5.74) is 1.55. The minimum atomic E-state index is -0.347. The summed E-state index contributed by atoms with van der Waals surface area (Å²) in [5, 5.41) is 3.38. The molecule has 0 aliphatic carbocycles. The van der Waals surface area contributed by atoms with Gasteiger partial charge in [0.1, 0.15) is 0 Å². The Morgan fingerprint density at radius 1 is 1.07 bits per heavy atom. The molecule has 1 aliphatic heterocycles. The van der Waals surface area contributed by atoms with E-state index in [4.69, 9.17) is 4.42 Å². The standard InChI is InChI=1S/C23H22N2O4S/c1-15-14-19(24-22(27)18-8-5-13-29-18)30-21(15)23(28)25-11-9-17(10-12-25)20(26)16-6-3-2-4-7-16/h2-8,13-14,17H,9-12H2,1H3,(H,24,27). The van der Waals surface area contributed by atoms with E-state index in [0.717, 1.165) is 11.1 Å². The summed E-state index contributed by atoms with van der Waals surface area (Å²) >= 11 is 1.26. The van der Waals surface area contributed by atoms with Crippen molar-refractivity contribution in [2.45, 2.75) is 19.8 Å². The molecule has 30 heavy (non-hydrogen) atoms. The summed E-state index contributed by atoms with van der Waals surface area (Å²) in [6, 6.07) is 14.3. The first kappa shape index (κ1) is 20.1. The number of hydrogen-bond acceptors (Lipinski definition) is 5. The van der Waals surface area contributed by atoms with Gasteiger partial charge >= 0.3 is 0 Å². The van der Waals surface area contributed by atoms with Crippen LogP contribution in [0.2, 0.25) is 0 Å². The Bertz CT molecular complexity index is 1050. The minimum absolute atomic E-state index is 0.0518. The topological polar surface area (TPSA) is 79.6 Å². The van der Waals surface area contributed by atoms with Gasteiger partial charge in [0.15, 0.2) is 11.5 Å². The zero-order chi connectivity index (χ0) is 21.1. The number of nitrogens with one attached hydrogen (secondary N) is 1. The van der Waals surface area contributed by atoms with Gasteiger partial charge in [0.05, 0.1) is 16.1 Å². The molecule has 0 unspecified atom stereocenters. The number of furan rings is 1. The van der Waals surface area contributed by atoms with Crippen LogP contribution in [-0.4, -0.2) is 35.6 Å². The van der Waals surface area contributed by atoms with Crippen LogP contribution < -0.4 is 5.32 Å². The average molecular weight is 423 g/mol. The summed E-state index contributed by atoms with van der Waals surface area (Å²) in [4.78, 5) is 40.2. The van der Waals surface area contributed by atoms with E-state index in [1.165, 1.54) is 17.6 Å². The van der Waals surface area contributed by atoms with Crippen molar-refractivity contribution >= 4 is 33.9 Å². The molecule has 7 heteroatoms. The molecule has 3 heterocycles. The third-order valence-electron chi connectivity index (χ3n) is 5.30. The van der Waals surface area contributed by atoms with Crippen LogP contribution >= 0.6 is 11.3 Å². The van der Waals surface area contributed by atoms with E-state index in [0.29, 0.717) is 35.8 Å². The molecule has 1 aliphatic rings. The van der Waals surface area contributed by atoms with Gasteiger partial charge in [0.25, 0.3) is 11.8 Å². The number of nitrogens with zero attached hydrogens (tertiary/aromatic N) is 1. The Balaban J connectivity index is 1.38. The van der Waals surface area contributed by atoms with Gasteiger partial charge < -0.3 is 14.6 Å². The highest BCUT2D eigenvalue weighted by molar-refractivity contribution is 7.18. The van der Waals surface area contributed by atoms with Crippen LogP contribution in [0.5, 0.6) is 0 Å². The van der Waals surface area contributed by atoms with Gasteiger partial charge in [-0.15, -0.1) is 11.3 Å². The SMILES string of the molecule is Cc1cc(NC(=O)c2ccco2)sc1C(=O)N1CCC(C(=O)c2ccccc2)CC1. The second kappa shape index (κ2) is 8.67. The third kappa shape index (κ3) is 4.21. The Kier molecular flexibility index (Phi) is 5.81. The van der Waals surface area contributed by atoms with Crippen LogP contribution in [0.4, 0.5) is 5.00 Å². The van der Waals surface area contributed by atoms with Gasteiger partial charge in [-0.3, -0.25) is 14.4 Å². The molecule has 0 spiro atoms. The molecular formula is C23H22N2O4S. The summed E-state index contributed by atoms with van der Waals surface area (Å²) in [6.07, 6.45) is 2.76. The van der Waals surface area contributed by atoms with Gasteiger partial charge in [-0.25, -0.2) is 0 Å². The van der Waals surface area contributed by atoms with E-state index < -0.39 is 0 Å². The van der Waals surface area contributed by atoms with E-state index in [-0.39, 0.29) is 29.3 Å². The molecule has 1 aromatic carbocycles. The second-order valence-electron chi connectivity index (χ2n) is 7.35. The molecule has 3 aromatic rings. The van der Waals surface area contributed by atoms with Crippen molar-refractivity contribution in [2.24, 2.45) is 5.92 Å². The number of carbonyl (C=O) groups is 3. The van der Waals surface area contributed by atoms with Crippen LogP contribution in [0.1, 0.15) is 49.0 Å². The number of anilines is 1. The quantitative estimate of drug-likeness (QED) is 0.608. The molecule has 1 fully saturated rings. The van der Waals surface area contributed by atoms with Crippen LogP contribution in [0, 0.1) is 12.8 Å². The number of ketones is 1. The van der Waals surface area contributed by atoms with E-state index >= 15 is 0 Å². The number of likely N-dealkylation sites (tertiary alicyclic amines) is 1. The van der Waals surface area contributed by atoms with E-state index in [1.807, 2.05) is 37.3 Å². The number of benzene rings is 1. The lowest BCUT2D eigenvalue weighted by atomic mass is 9.89. The highest BCUT2D eigenvalue weighted by atomic mass is 32.1. The number of carbonyl (C=O) groups excluding carboxylic acids is 3. The molecule has 0 saturated carbocycles. The molecule has 1 saturated heterocycles. The van der Waals surface area contributed by atoms with E-state index in [9.17, 15) is 14.4 Å². The van der Waals surface area contributed by atoms with Crippen molar-refractivity contribution in [2.75, 3.05) is 18.4 Å². The maximum absolute atomic E-state index is 13.0. The van der Waals surface area contributed by atoms with Crippen molar-refractivity contribution in [1.29, 1.82) is 0 Å². The number of rotatable bonds is 5. The van der Waals surface area contributed by atoms with Crippen molar-refractivity contribution in [1.82, 2.24) is 4.90 Å². The maximum Gasteiger partial charge on any atom is 0.291 e. The number of thiophene rings is 1. The predicted molar refractivity (Wildman–Crippen MR) is 115 cm³/mol.